The second-order valence-electron chi connectivity index (χ2n) is 7.06. The molecule has 0 saturated carbocycles. The molecule has 0 heterocycles. The zero-order valence-corrected chi connectivity index (χ0v) is 17.1. The first kappa shape index (κ1) is 20.8. The molecule has 3 rings (SSSR count). The Morgan fingerprint density at radius 3 is 2.10 bits per heavy atom. The Balaban J connectivity index is 2.23. The van der Waals surface area contributed by atoms with Crippen molar-refractivity contribution in [3.8, 4) is 23.0 Å². The number of carbonyl (C=O) groups excluding carboxylic acids is 1. The van der Waals surface area contributed by atoms with Gasteiger partial charge in [-0.15, -0.1) is 0 Å². The molecule has 2 aromatic carbocycles. The molecule has 29 heavy (non-hydrogen) atoms. The Labute approximate surface area is 170 Å². The van der Waals surface area contributed by atoms with Crippen LogP contribution >= 0.6 is 0 Å². The second-order valence-corrected chi connectivity index (χ2v) is 7.06. The first-order valence-electron chi connectivity index (χ1n) is 9.35. The average molecular weight is 401 g/mol. The Kier molecular flexibility index (Phi) is 6.17. The molecule has 0 unspecified atom stereocenters. The highest BCUT2D eigenvalue weighted by molar-refractivity contribution is 5.78. The molecule has 156 valence electrons. The molecule has 7 heteroatoms. The molecular formula is C22H27NO6. The Morgan fingerprint density at radius 1 is 0.966 bits per heavy atom. The highest BCUT2D eigenvalue weighted by Crippen LogP contribution is 2.48. The summed E-state index contributed by atoms with van der Waals surface area (Å²) in [7, 11) is 6.29. The van der Waals surface area contributed by atoms with E-state index in [4.69, 9.17) is 24.7 Å². The van der Waals surface area contributed by atoms with Gasteiger partial charge in [0.25, 0.3) is 0 Å². The van der Waals surface area contributed by atoms with E-state index in [1.165, 1.54) is 0 Å². The van der Waals surface area contributed by atoms with Gasteiger partial charge in [-0.05, 0) is 47.4 Å². The Bertz CT molecular complexity index is 897. The summed E-state index contributed by atoms with van der Waals surface area (Å²) in [5.74, 6) is 0.751. The minimum Gasteiger partial charge on any atom is -0.493 e. The molecule has 0 fully saturated rings. The molecule has 0 spiro atoms. The van der Waals surface area contributed by atoms with Crippen LogP contribution in [-0.2, 0) is 11.2 Å². The lowest BCUT2D eigenvalue weighted by Gasteiger charge is -2.38. The fraction of sp³-hybridized carbons (Fsp3) is 0.409. The first-order chi connectivity index (χ1) is 14.0. The van der Waals surface area contributed by atoms with Gasteiger partial charge in [-0.3, -0.25) is 4.79 Å². The summed E-state index contributed by atoms with van der Waals surface area (Å²) >= 11 is 0. The third kappa shape index (κ3) is 3.70. The SMILES string of the molecule is COc1ccc([C@@H]2c3cc(OC)c(OC)cc3C[C@H](C(N)=O)[C@H]2CO)cc1OC. The highest BCUT2D eigenvalue weighted by atomic mass is 16.5. The van der Waals surface area contributed by atoms with Crippen LogP contribution in [0.15, 0.2) is 30.3 Å². The first-order valence-corrected chi connectivity index (χ1v) is 9.35. The topological polar surface area (TPSA) is 100 Å². The van der Waals surface area contributed by atoms with E-state index in [9.17, 15) is 9.90 Å². The summed E-state index contributed by atoms with van der Waals surface area (Å²) in [5.41, 5.74) is 8.50. The monoisotopic (exact) mass is 401 g/mol. The van der Waals surface area contributed by atoms with E-state index < -0.39 is 11.8 Å². The largest absolute Gasteiger partial charge is 0.493 e. The van der Waals surface area contributed by atoms with Crippen LogP contribution in [0.4, 0.5) is 0 Å². The van der Waals surface area contributed by atoms with Crippen LogP contribution in [0.2, 0.25) is 0 Å². The highest BCUT2D eigenvalue weighted by Gasteiger charge is 2.41. The molecule has 0 bridgehead atoms. The van der Waals surface area contributed by atoms with E-state index in [0.717, 1.165) is 16.7 Å². The summed E-state index contributed by atoms with van der Waals surface area (Å²) in [6.07, 6.45) is 0.431. The maximum atomic E-state index is 12.2. The summed E-state index contributed by atoms with van der Waals surface area (Å²) in [5, 5.41) is 10.2. The molecule has 0 aromatic heterocycles. The summed E-state index contributed by atoms with van der Waals surface area (Å²) in [6, 6.07) is 9.40. The van der Waals surface area contributed by atoms with Crippen molar-refractivity contribution in [1.82, 2.24) is 0 Å². The number of rotatable bonds is 7. The number of primary amides is 1. The van der Waals surface area contributed by atoms with Crippen LogP contribution in [0.5, 0.6) is 23.0 Å². The number of carbonyl (C=O) groups is 1. The van der Waals surface area contributed by atoms with Crippen molar-refractivity contribution < 1.29 is 28.8 Å². The van der Waals surface area contributed by atoms with Crippen molar-refractivity contribution in [3.63, 3.8) is 0 Å². The van der Waals surface area contributed by atoms with Crippen molar-refractivity contribution >= 4 is 5.91 Å². The molecule has 0 radical (unpaired) electrons. The third-order valence-electron chi connectivity index (χ3n) is 5.71. The van der Waals surface area contributed by atoms with Crippen molar-refractivity contribution in [2.24, 2.45) is 17.6 Å². The molecule has 7 nitrogen and oxygen atoms in total. The molecule has 3 N–H and O–H groups in total. The van der Waals surface area contributed by atoms with Gasteiger partial charge >= 0.3 is 0 Å². The normalized spacial score (nSPS) is 20.5. The third-order valence-corrected chi connectivity index (χ3v) is 5.71. The second kappa shape index (κ2) is 8.61. The Hall–Kier alpha value is -2.93. The maximum Gasteiger partial charge on any atom is 0.221 e. The smallest absolute Gasteiger partial charge is 0.221 e. The van der Waals surface area contributed by atoms with Crippen LogP contribution in [0.3, 0.4) is 0 Å². The zero-order valence-electron chi connectivity index (χ0n) is 17.1. The van der Waals surface area contributed by atoms with Gasteiger partial charge in [-0.25, -0.2) is 0 Å². The maximum absolute atomic E-state index is 12.2. The molecule has 1 aliphatic carbocycles. The summed E-state index contributed by atoms with van der Waals surface area (Å²) in [4.78, 5) is 12.2. The lowest BCUT2D eigenvalue weighted by Crippen LogP contribution is -2.40. The number of amides is 1. The minimum absolute atomic E-state index is 0.180. The lowest BCUT2D eigenvalue weighted by atomic mass is 9.66. The molecule has 1 aliphatic rings. The molecule has 0 aliphatic heterocycles. The number of hydrogen-bond acceptors (Lipinski definition) is 6. The van der Waals surface area contributed by atoms with Gasteiger partial charge in [0.05, 0.1) is 28.4 Å². The summed E-state index contributed by atoms with van der Waals surface area (Å²) in [6.45, 7) is -0.180. The number of methoxy groups -OCH3 is 4. The molecule has 2 aromatic rings. The molecule has 3 atom stereocenters. The van der Waals surface area contributed by atoms with Gasteiger partial charge in [-0.1, -0.05) is 6.07 Å². The summed E-state index contributed by atoms with van der Waals surface area (Å²) < 4.78 is 21.7. The number of nitrogens with two attached hydrogens (primary N) is 1. The van der Waals surface area contributed by atoms with Gasteiger partial charge in [0.15, 0.2) is 23.0 Å². The van der Waals surface area contributed by atoms with Crippen molar-refractivity contribution in [2.45, 2.75) is 12.3 Å². The fourth-order valence-corrected chi connectivity index (χ4v) is 4.27. The van der Waals surface area contributed by atoms with Gasteiger partial charge in [0.2, 0.25) is 5.91 Å². The fourth-order valence-electron chi connectivity index (χ4n) is 4.27. The molecular weight excluding hydrogens is 374 g/mol. The number of aliphatic hydroxyl groups is 1. The van der Waals surface area contributed by atoms with Gasteiger partial charge < -0.3 is 29.8 Å². The van der Waals surface area contributed by atoms with Crippen molar-refractivity contribution in [3.05, 3.63) is 47.0 Å². The number of aliphatic hydroxyl groups excluding tert-OH is 1. The van der Waals surface area contributed by atoms with Crippen LogP contribution in [0.25, 0.3) is 0 Å². The lowest BCUT2D eigenvalue weighted by molar-refractivity contribution is -0.124. The Morgan fingerprint density at radius 2 is 1.55 bits per heavy atom. The van der Waals surface area contributed by atoms with E-state index in [0.29, 0.717) is 29.4 Å². The minimum atomic E-state index is -0.510. The van der Waals surface area contributed by atoms with E-state index in [1.807, 2.05) is 30.3 Å². The van der Waals surface area contributed by atoms with Gasteiger partial charge in [0, 0.05) is 24.4 Å². The van der Waals surface area contributed by atoms with Gasteiger partial charge in [-0.2, -0.15) is 0 Å². The number of fused-ring (bicyclic) bond motifs is 1. The quantitative estimate of drug-likeness (QED) is 0.737. The standard InChI is InChI=1S/C22H27NO6/c1-26-17-6-5-12(8-18(17)27-2)21-14-10-20(29-4)19(28-3)9-13(14)7-15(22(23)25)16(21)11-24/h5-6,8-10,15-16,21,24H,7,11H2,1-4H3,(H2,23,25)/t15-,16+,21+/m0/s1. The van der Waals surface area contributed by atoms with Crippen LogP contribution in [-0.4, -0.2) is 46.1 Å². The molecule has 1 amide bonds. The predicted molar refractivity (Wildman–Crippen MR) is 108 cm³/mol. The average Bonchev–Trinajstić information content (AvgIpc) is 2.75. The zero-order chi connectivity index (χ0) is 21.1. The van der Waals surface area contributed by atoms with Crippen LogP contribution in [0.1, 0.15) is 22.6 Å². The predicted octanol–water partition coefficient (Wildman–Crippen LogP) is 2.12. The van der Waals surface area contributed by atoms with E-state index >= 15 is 0 Å². The van der Waals surface area contributed by atoms with Crippen LogP contribution < -0.4 is 24.7 Å². The van der Waals surface area contributed by atoms with Gasteiger partial charge in [0.1, 0.15) is 0 Å². The number of hydrogen-bond donors (Lipinski definition) is 2. The van der Waals surface area contributed by atoms with Crippen LogP contribution in [0, 0.1) is 11.8 Å². The number of ether oxygens (including phenoxy) is 4. The van der Waals surface area contributed by atoms with Crippen molar-refractivity contribution in [2.75, 3.05) is 35.0 Å². The van der Waals surface area contributed by atoms with E-state index in [-0.39, 0.29) is 18.4 Å². The van der Waals surface area contributed by atoms with E-state index in [1.54, 1.807) is 28.4 Å². The number of benzene rings is 2. The van der Waals surface area contributed by atoms with E-state index in [2.05, 4.69) is 0 Å². The molecule has 0 saturated heterocycles. The van der Waals surface area contributed by atoms with Crippen molar-refractivity contribution in [1.29, 1.82) is 0 Å².